The maximum absolute atomic E-state index is 2.71. The predicted octanol–water partition coefficient (Wildman–Crippen LogP) is 14.4. The van der Waals surface area contributed by atoms with Gasteiger partial charge < -0.3 is 9.80 Å². The smallest absolute Gasteiger partial charge is 0.252 e. The van der Waals surface area contributed by atoms with E-state index >= 15 is 0 Å². The number of hydrogen-bond acceptors (Lipinski definition) is 2. The second-order valence-electron chi connectivity index (χ2n) is 20.2. The van der Waals surface area contributed by atoms with Crippen LogP contribution < -0.4 is 26.2 Å². The zero-order chi connectivity index (χ0) is 46.4. The lowest BCUT2D eigenvalue weighted by Gasteiger charge is -2.54. The average Bonchev–Trinajstić information content (AvgIpc) is 3.45. The van der Waals surface area contributed by atoms with E-state index in [0.717, 1.165) is 12.8 Å². The van der Waals surface area contributed by atoms with E-state index in [0.29, 0.717) is 0 Å². The van der Waals surface area contributed by atoms with E-state index in [2.05, 4.69) is 259 Å². The Kier molecular flexibility index (Phi) is 7.98. The summed E-state index contributed by atoms with van der Waals surface area (Å²) >= 11 is 0. The van der Waals surface area contributed by atoms with Crippen molar-refractivity contribution in [3.05, 3.63) is 298 Å². The van der Waals surface area contributed by atoms with Gasteiger partial charge in [0.1, 0.15) is 0 Å². The SMILES string of the molecule is C1=Cc2cc3c(cc2CC1)N1c2cc4ccccc4c4c2B(c2cccc(c21)C3(c1ccccc1)c1ccccc1)c1cccc2c1N4c1cc3ccccc3cc1C2(c1ccccc1)c1ccccc1. The molecule has 0 fully saturated rings. The molecule has 0 unspecified atom stereocenters. The Bertz CT molecular complexity index is 3990. The van der Waals surface area contributed by atoms with Crippen LogP contribution in [0, 0.1) is 0 Å². The maximum atomic E-state index is 2.71. The molecule has 16 rings (SSSR count). The summed E-state index contributed by atoms with van der Waals surface area (Å²) in [5.41, 5.74) is 23.4. The van der Waals surface area contributed by atoms with Gasteiger partial charge in [-0.15, -0.1) is 0 Å². The number of benzene rings is 11. The van der Waals surface area contributed by atoms with Crippen molar-refractivity contribution in [3.63, 3.8) is 0 Å². The van der Waals surface area contributed by atoms with Crippen LogP contribution in [0.1, 0.15) is 62.1 Å². The number of aryl methyl sites for hydroxylation is 1. The van der Waals surface area contributed by atoms with Crippen molar-refractivity contribution < 1.29 is 0 Å². The summed E-state index contributed by atoms with van der Waals surface area (Å²) in [5.74, 6) is 0. The van der Waals surface area contributed by atoms with Crippen molar-refractivity contribution in [1.82, 2.24) is 0 Å². The van der Waals surface area contributed by atoms with E-state index in [1.54, 1.807) is 0 Å². The molecule has 0 aromatic heterocycles. The third-order valence-electron chi connectivity index (χ3n) is 16.9. The van der Waals surface area contributed by atoms with Crippen LogP contribution in [0.3, 0.4) is 0 Å². The van der Waals surface area contributed by atoms with Gasteiger partial charge in [0.2, 0.25) is 0 Å². The lowest BCUT2D eigenvalue weighted by atomic mass is 9.32. The minimum atomic E-state index is -0.631. The number of hydrogen-bond donors (Lipinski definition) is 0. The van der Waals surface area contributed by atoms with Crippen molar-refractivity contribution in [2.75, 3.05) is 9.80 Å². The van der Waals surface area contributed by atoms with Gasteiger partial charge in [-0.05, 0) is 131 Å². The van der Waals surface area contributed by atoms with Gasteiger partial charge in [0.15, 0.2) is 0 Å². The number of allylic oxidation sites excluding steroid dienone is 1. The Balaban J connectivity index is 1.10. The summed E-state index contributed by atoms with van der Waals surface area (Å²) in [5, 5.41) is 4.97. The lowest BCUT2D eigenvalue weighted by Crippen LogP contribution is -2.63. The third kappa shape index (κ3) is 4.98. The number of rotatable bonds is 4. The van der Waals surface area contributed by atoms with Crippen LogP contribution in [0.5, 0.6) is 0 Å². The second kappa shape index (κ2) is 14.4. The Labute approximate surface area is 414 Å². The van der Waals surface area contributed by atoms with Gasteiger partial charge in [0, 0.05) is 22.4 Å². The molecule has 0 bridgehead atoms. The molecule has 0 N–H and O–H groups in total. The van der Waals surface area contributed by atoms with Crippen molar-refractivity contribution >= 4 is 84.8 Å². The zero-order valence-corrected chi connectivity index (χ0v) is 39.1. The Morgan fingerprint density at radius 2 is 0.845 bits per heavy atom. The quantitative estimate of drug-likeness (QED) is 0.162. The first-order valence-corrected chi connectivity index (χ1v) is 25.3. The average molecular weight is 901 g/mol. The van der Waals surface area contributed by atoms with Crippen molar-refractivity contribution in [1.29, 1.82) is 0 Å². The normalized spacial score (nSPS) is 15.6. The fourth-order valence-electron chi connectivity index (χ4n) is 14.2. The monoisotopic (exact) mass is 900 g/mol. The molecule has 3 heteroatoms. The van der Waals surface area contributed by atoms with Crippen LogP contribution in [-0.2, 0) is 17.3 Å². The zero-order valence-electron chi connectivity index (χ0n) is 39.1. The van der Waals surface area contributed by atoms with E-state index in [1.807, 2.05) is 0 Å². The minimum Gasteiger partial charge on any atom is -0.311 e. The molecule has 1 aliphatic carbocycles. The van der Waals surface area contributed by atoms with Crippen LogP contribution >= 0.6 is 0 Å². The second-order valence-corrected chi connectivity index (χ2v) is 20.2. The fourth-order valence-corrected chi connectivity index (χ4v) is 14.2. The molecule has 4 heterocycles. The van der Waals surface area contributed by atoms with Crippen molar-refractivity contribution in [3.8, 4) is 0 Å². The summed E-state index contributed by atoms with van der Waals surface area (Å²) in [6.07, 6.45) is 6.78. The topological polar surface area (TPSA) is 6.48 Å². The molecule has 0 radical (unpaired) electrons. The number of para-hydroxylation sites is 2. The van der Waals surface area contributed by atoms with Gasteiger partial charge in [-0.25, -0.2) is 0 Å². The molecule has 4 aliphatic heterocycles. The van der Waals surface area contributed by atoms with Crippen LogP contribution in [0.15, 0.2) is 243 Å². The molecule has 11 aromatic rings. The molecule has 0 amide bonds. The van der Waals surface area contributed by atoms with Gasteiger partial charge in [0.25, 0.3) is 6.71 Å². The minimum absolute atomic E-state index is 0.0698. The van der Waals surface area contributed by atoms with Crippen LogP contribution in [0.2, 0.25) is 0 Å². The number of nitrogens with zero attached hydrogens (tertiary/aromatic N) is 2. The fraction of sp³-hybridized carbons (Fsp3) is 0.0588. The standard InChI is InChI=1S/C68H45BN2/c1-5-26-49(27-6-1)67(50-28-7-2-8-29-50)54-35-19-37-58-65(54)70(60-41-46-23-15-13-21-44(46)39-56(60)67)62-43-48-25-17-18-34-53(48)64-63(62)69(58)59-38-20-36-55-66(59)71(64)61-42-47-24-16-14-22-45(47)40-57(61)68(55,51-30-9-3-10-31-51)52-32-11-4-12-33-52/h1-14,16-22,24-43H,15,23H2. The van der Waals surface area contributed by atoms with Gasteiger partial charge in [-0.1, -0.05) is 218 Å². The largest absolute Gasteiger partial charge is 0.311 e. The maximum Gasteiger partial charge on any atom is 0.252 e. The highest BCUT2D eigenvalue weighted by atomic mass is 15.2. The summed E-state index contributed by atoms with van der Waals surface area (Å²) in [6, 6.07) is 90.7. The van der Waals surface area contributed by atoms with Crippen LogP contribution in [0.4, 0.5) is 34.1 Å². The molecule has 0 spiro atoms. The molecule has 2 nitrogen and oxygen atoms in total. The summed E-state index contributed by atoms with van der Waals surface area (Å²) in [7, 11) is 0. The summed E-state index contributed by atoms with van der Waals surface area (Å²) in [6.45, 7) is -0.0698. The Morgan fingerprint density at radius 3 is 1.44 bits per heavy atom. The summed E-state index contributed by atoms with van der Waals surface area (Å²) < 4.78 is 0. The Morgan fingerprint density at radius 1 is 0.366 bits per heavy atom. The highest BCUT2D eigenvalue weighted by molar-refractivity contribution is 7.00. The molecule has 0 saturated heterocycles. The highest BCUT2D eigenvalue weighted by Gasteiger charge is 2.56. The van der Waals surface area contributed by atoms with Crippen LogP contribution in [0.25, 0.3) is 27.6 Å². The first-order chi connectivity index (χ1) is 35.2. The Hall–Kier alpha value is -8.66. The van der Waals surface area contributed by atoms with Crippen molar-refractivity contribution in [2.45, 2.75) is 23.7 Å². The van der Waals surface area contributed by atoms with Gasteiger partial charge in [-0.3, -0.25) is 0 Å². The first-order valence-electron chi connectivity index (χ1n) is 25.3. The van der Waals surface area contributed by atoms with Gasteiger partial charge in [-0.2, -0.15) is 0 Å². The van der Waals surface area contributed by atoms with Crippen molar-refractivity contribution in [2.24, 2.45) is 0 Å². The molecule has 71 heavy (non-hydrogen) atoms. The van der Waals surface area contributed by atoms with Crippen LogP contribution in [-0.4, -0.2) is 6.71 Å². The number of anilines is 6. The molecular weight excluding hydrogens is 856 g/mol. The molecular formula is C68H45BN2. The number of fused-ring (bicyclic) bond motifs is 12. The highest BCUT2D eigenvalue weighted by Crippen LogP contribution is 2.63. The molecule has 330 valence electrons. The van der Waals surface area contributed by atoms with Gasteiger partial charge in [0.05, 0.1) is 27.9 Å². The third-order valence-corrected chi connectivity index (χ3v) is 16.9. The van der Waals surface area contributed by atoms with E-state index in [-0.39, 0.29) is 6.71 Å². The van der Waals surface area contributed by atoms with E-state index in [1.165, 1.54) is 128 Å². The molecule has 5 aliphatic rings. The molecule has 0 atom stereocenters. The molecule has 0 saturated carbocycles. The van der Waals surface area contributed by atoms with E-state index < -0.39 is 10.8 Å². The summed E-state index contributed by atoms with van der Waals surface area (Å²) in [4.78, 5) is 5.42. The lowest BCUT2D eigenvalue weighted by molar-refractivity contribution is 0.730. The first kappa shape index (κ1) is 39.2. The van der Waals surface area contributed by atoms with E-state index in [9.17, 15) is 0 Å². The van der Waals surface area contributed by atoms with E-state index in [4.69, 9.17) is 0 Å². The van der Waals surface area contributed by atoms with Gasteiger partial charge >= 0.3 is 0 Å². The predicted molar refractivity (Wildman–Crippen MR) is 297 cm³/mol. The molecule has 11 aromatic carbocycles.